The number of Topliss-reactive ketones (excluding diaryl/α,β-unsaturated/α-hetero) is 1. The van der Waals surface area contributed by atoms with E-state index in [9.17, 15) is 9.59 Å². The Morgan fingerprint density at radius 2 is 1.86 bits per heavy atom. The molecule has 0 fully saturated rings. The first kappa shape index (κ1) is 26.5. The van der Waals surface area contributed by atoms with Gasteiger partial charge in [0.15, 0.2) is 17.3 Å². The number of furan rings is 1. The van der Waals surface area contributed by atoms with Crippen molar-refractivity contribution in [2.45, 2.75) is 52.4 Å². The molecule has 0 saturated heterocycles. The zero-order valence-electron chi connectivity index (χ0n) is 22.1. The van der Waals surface area contributed by atoms with E-state index in [0.717, 1.165) is 11.3 Å². The molecule has 2 heterocycles. The van der Waals surface area contributed by atoms with Gasteiger partial charge >= 0.3 is 5.97 Å². The Morgan fingerprint density at radius 1 is 1.05 bits per heavy atom. The van der Waals surface area contributed by atoms with Crippen LogP contribution in [0.15, 0.2) is 57.3 Å². The van der Waals surface area contributed by atoms with Crippen LogP contribution in [0.25, 0.3) is 0 Å². The van der Waals surface area contributed by atoms with Crippen LogP contribution in [0.2, 0.25) is 0 Å². The van der Waals surface area contributed by atoms with Crippen LogP contribution in [-0.2, 0) is 19.1 Å². The molecule has 0 radical (unpaired) electrons. The van der Waals surface area contributed by atoms with E-state index in [1.54, 1.807) is 7.11 Å². The highest BCUT2D eigenvalue weighted by atomic mass is 16.6. The van der Waals surface area contributed by atoms with Crippen molar-refractivity contribution >= 4 is 11.8 Å². The third kappa shape index (κ3) is 5.59. The fourth-order valence-corrected chi connectivity index (χ4v) is 5.07. The van der Waals surface area contributed by atoms with E-state index in [2.05, 4.69) is 5.32 Å². The maximum absolute atomic E-state index is 13.7. The average molecular weight is 510 g/mol. The summed E-state index contributed by atoms with van der Waals surface area (Å²) in [7, 11) is 1.61. The Morgan fingerprint density at radius 3 is 2.54 bits per heavy atom. The first-order chi connectivity index (χ1) is 17.9. The summed E-state index contributed by atoms with van der Waals surface area (Å²) in [6.45, 7) is 9.00. The largest absolute Gasteiger partial charge is 0.493 e. The molecule has 8 nitrogen and oxygen atoms in total. The third-order valence-electron chi connectivity index (χ3n) is 6.72. The minimum atomic E-state index is -0.632. The van der Waals surface area contributed by atoms with Crippen molar-refractivity contribution in [1.82, 2.24) is 5.32 Å². The van der Waals surface area contributed by atoms with Gasteiger partial charge in [0.2, 0.25) is 0 Å². The molecule has 0 bridgehead atoms. The molecule has 0 unspecified atom stereocenters. The van der Waals surface area contributed by atoms with Crippen LogP contribution in [-0.4, -0.2) is 45.3 Å². The zero-order chi connectivity index (χ0) is 26.5. The van der Waals surface area contributed by atoms with Crippen molar-refractivity contribution in [3.63, 3.8) is 0 Å². The van der Waals surface area contributed by atoms with E-state index in [1.807, 2.05) is 58.0 Å². The smallest absolute Gasteiger partial charge is 0.336 e. The standard InChI is InChI=1S/C29H35NO7/c1-6-34-12-13-36-29(32)26-18(4)30-21-14-20(19-9-11-23(35-7-2)25(16-19)33-5)15-22(31)27(21)28(26)24-10-8-17(3)37-24/h8-11,16,20,28,30H,6-7,12-15H2,1-5H3/t20-,28-/m1/s1. The SMILES string of the molecule is CCOCCOC(=O)C1=C(C)NC2=C(C(=O)C[C@H](c3ccc(OCC)c(OC)c3)C2)[C@@H]1c1ccc(C)o1. The van der Waals surface area contributed by atoms with Gasteiger partial charge in [-0.2, -0.15) is 0 Å². The monoisotopic (exact) mass is 509 g/mol. The predicted octanol–water partition coefficient (Wildman–Crippen LogP) is 4.94. The van der Waals surface area contributed by atoms with Gasteiger partial charge in [-0.1, -0.05) is 6.07 Å². The number of dihydropyridines is 1. The lowest BCUT2D eigenvalue weighted by atomic mass is 9.73. The second-order valence-corrected chi connectivity index (χ2v) is 9.14. The summed E-state index contributed by atoms with van der Waals surface area (Å²) in [5.74, 6) is 1.38. The second-order valence-electron chi connectivity index (χ2n) is 9.14. The number of rotatable bonds is 10. The minimum Gasteiger partial charge on any atom is -0.493 e. The number of benzene rings is 1. The lowest BCUT2D eigenvalue weighted by Gasteiger charge is -2.35. The molecule has 2 aromatic rings. The number of esters is 1. The minimum absolute atomic E-state index is 0.0298. The first-order valence-electron chi connectivity index (χ1n) is 12.7. The maximum Gasteiger partial charge on any atom is 0.336 e. The van der Waals surface area contributed by atoms with E-state index < -0.39 is 11.9 Å². The Kier molecular flexibility index (Phi) is 8.38. The molecule has 1 aromatic heterocycles. The number of hydrogen-bond donors (Lipinski definition) is 1. The van der Waals surface area contributed by atoms with E-state index in [1.165, 1.54) is 0 Å². The topological polar surface area (TPSA) is 96.2 Å². The van der Waals surface area contributed by atoms with Gasteiger partial charge in [0, 0.05) is 30.0 Å². The van der Waals surface area contributed by atoms with Gasteiger partial charge in [-0.3, -0.25) is 4.79 Å². The summed E-state index contributed by atoms with van der Waals surface area (Å²) in [5, 5.41) is 3.36. The van der Waals surface area contributed by atoms with Crippen LogP contribution in [0.3, 0.4) is 0 Å². The van der Waals surface area contributed by atoms with E-state index in [4.69, 9.17) is 23.4 Å². The predicted molar refractivity (Wildman–Crippen MR) is 138 cm³/mol. The van der Waals surface area contributed by atoms with Gasteiger partial charge in [0.25, 0.3) is 0 Å². The maximum atomic E-state index is 13.7. The van der Waals surface area contributed by atoms with Gasteiger partial charge in [-0.25, -0.2) is 4.79 Å². The van der Waals surface area contributed by atoms with E-state index >= 15 is 0 Å². The molecule has 198 valence electrons. The van der Waals surface area contributed by atoms with E-state index in [0.29, 0.717) is 72.5 Å². The first-order valence-corrected chi connectivity index (χ1v) is 12.7. The summed E-state index contributed by atoms with van der Waals surface area (Å²) in [5.41, 5.74) is 3.40. The molecular formula is C29H35NO7. The molecule has 0 amide bonds. The number of nitrogens with one attached hydrogen (secondary N) is 1. The van der Waals surface area contributed by atoms with Gasteiger partial charge in [-0.05, 0) is 69.9 Å². The van der Waals surface area contributed by atoms with Gasteiger partial charge in [-0.15, -0.1) is 0 Å². The molecule has 1 aliphatic carbocycles. The fourth-order valence-electron chi connectivity index (χ4n) is 5.07. The van der Waals surface area contributed by atoms with Crippen LogP contribution in [0.4, 0.5) is 0 Å². The number of ketones is 1. The number of aryl methyl sites for hydroxylation is 1. The summed E-state index contributed by atoms with van der Waals surface area (Å²) < 4.78 is 27.9. The molecule has 2 aliphatic rings. The third-order valence-corrected chi connectivity index (χ3v) is 6.72. The van der Waals surface area contributed by atoms with Gasteiger partial charge < -0.3 is 28.7 Å². The van der Waals surface area contributed by atoms with Gasteiger partial charge in [0.1, 0.15) is 18.1 Å². The zero-order valence-corrected chi connectivity index (χ0v) is 22.1. The van der Waals surface area contributed by atoms with Crippen molar-refractivity contribution in [2.24, 2.45) is 0 Å². The quantitative estimate of drug-likeness (QED) is 0.356. The Balaban J connectivity index is 1.67. The van der Waals surface area contributed by atoms with Crippen LogP contribution in [0, 0.1) is 6.92 Å². The van der Waals surface area contributed by atoms with Crippen molar-refractivity contribution in [2.75, 3.05) is 33.5 Å². The molecule has 1 aliphatic heterocycles. The van der Waals surface area contributed by atoms with E-state index in [-0.39, 0.29) is 18.3 Å². The number of ether oxygens (including phenoxy) is 4. The molecule has 2 atom stereocenters. The van der Waals surface area contributed by atoms with Gasteiger partial charge in [0.05, 0.1) is 31.8 Å². The number of carbonyl (C=O) groups is 2. The summed E-state index contributed by atoms with van der Waals surface area (Å²) in [4.78, 5) is 26.9. The Bertz CT molecular complexity index is 1220. The Hall–Kier alpha value is -3.52. The number of allylic oxidation sites excluding steroid dienone is 3. The lowest BCUT2D eigenvalue weighted by molar-refractivity contribution is -0.141. The molecule has 4 rings (SSSR count). The highest BCUT2D eigenvalue weighted by Crippen LogP contribution is 2.46. The molecule has 37 heavy (non-hydrogen) atoms. The molecule has 1 N–H and O–H groups in total. The molecule has 8 heteroatoms. The van der Waals surface area contributed by atoms with Crippen molar-refractivity contribution in [3.8, 4) is 11.5 Å². The molecule has 0 saturated carbocycles. The van der Waals surface area contributed by atoms with Crippen LogP contribution in [0.1, 0.15) is 62.5 Å². The second kappa shape index (κ2) is 11.7. The summed E-state index contributed by atoms with van der Waals surface area (Å²) in [6, 6.07) is 9.47. The number of methoxy groups -OCH3 is 1. The Labute approximate surface area is 217 Å². The fraction of sp³-hybridized carbons (Fsp3) is 0.448. The number of hydrogen-bond acceptors (Lipinski definition) is 8. The average Bonchev–Trinajstić information content (AvgIpc) is 3.31. The van der Waals surface area contributed by atoms with Crippen LogP contribution in [0.5, 0.6) is 11.5 Å². The lowest BCUT2D eigenvalue weighted by Crippen LogP contribution is -2.36. The van der Waals surface area contributed by atoms with Crippen molar-refractivity contribution in [1.29, 1.82) is 0 Å². The summed E-state index contributed by atoms with van der Waals surface area (Å²) >= 11 is 0. The normalized spacial score (nSPS) is 19.4. The molecule has 1 aromatic carbocycles. The highest BCUT2D eigenvalue weighted by molar-refractivity contribution is 6.04. The van der Waals surface area contributed by atoms with Crippen LogP contribution < -0.4 is 14.8 Å². The van der Waals surface area contributed by atoms with Crippen molar-refractivity contribution in [3.05, 3.63) is 70.0 Å². The molecular weight excluding hydrogens is 474 g/mol. The van der Waals surface area contributed by atoms with Crippen molar-refractivity contribution < 1.29 is 33.0 Å². The summed E-state index contributed by atoms with van der Waals surface area (Å²) in [6.07, 6.45) is 0.915. The molecule has 0 spiro atoms. The highest BCUT2D eigenvalue weighted by Gasteiger charge is 2.43. The van der Waals surface area contributed by atoms with Crippen LogP contribution >= 0.6 is 0 Å². The number of carbonyl (C=O) groups excluding carboxylic acids is 2.